The Morgan fingerprint density at radius 1 is 1.22 bits per heavy atom. The van der Waals surface area contributed by atoms with Crippen molar-refractivity contribution in [3.63, 3.8) is 0 Å². The molecule has 1 amide bonds. The lowest BCUT2D eigenvalue weighted by Crippen LogP contribution is -2.49. The second-order valence-corrected chi connectivity index (χ2v) is 8.67. The standard InChI is InChI=1S/C18H24N2O6S/c21-17(20-9-10-26-12-15(20)11-18(22)23)8-3-13-1-6-16(7-2-13)27(24,25)19-14-4-5-14/h1-2,6-7,14-15,19H,3-5,8-12H2,(H,22,23). The van der Waals surface area contributed by atoms with Crippen molar-refractivity contribution in [2.24, 2.45) is 0 Å². The molecule has 1 atom stereocenters. The quantitative estimate of drug-likeness (QED) is 0.671. The van der Waals surface area contributed by atoms with Crippen LogP contribution in [0.2, 0.25) is 0 Å². The van der Waals surface area contributed by atoms with E-state index in [1.54, 1.807) is 29.2 Å². The summed E-state index contributed by atoms with van der Waals surface area (Å²) in [5, 5.41) is 8.98. The normalized spacial score (nSPS) is 20.4. The third-order valence-electron chi connectivity index (χ3n) is 4.72. The van der Waals surface area contributed by atoms with E-state index in [1.165, 1.54) is 0 Å². The topological polar surface area (TPSA) is 113 Å². The van der Waals surface area contributed by atoms with Crippen LogP contribution in [0.25, 0.3) is 0 Å². The first kappa shape index (κ1) is 19.8. The van der Waals surface area contributed by atoms with Gasteiger partial charge in [0.1, 0.15) is 0 Å². The SMILES string of the molecule is O=C(O)CC1COCCN1C(=O)CCc1ccc(S(=O)(=O)NC2CC2)cc1. The van der Waals surface area contributed by atoms with Crippen LogP contribution in [0.5, 0.6) is 0 Å². The number of nitrogens with one attached hydrogen (secondary N) is 1. The highest BCUT2D eigenvalue weighted by atomic mass is 32.2. The lowest BCUT2D eigenvalue weighted by molar-refractivity contribution is -0.146. The fourth-order valence-electron chi connectivity index (χ4n) is 3.07. The van der Waals surface area contributed by atoms with E-state index in [0.717, 1.165) is 18.4 Å². The van der Waals surface area contributed by atoms with Crippen molar-refractivity contribution < 1.29 is 27.9 Å². The number of amides is 1. The predicted octanol–water partition coefficient (Wildman–Crippen LogP) is 0.762. The van der Waals surface area contributed by atoms with Gasteiger partial charge in [-0.25, -0.2) is 13.1 Å². The Hall–Kier alpha value is -1.97. The van der Waals surface area contributed by atoms with Gasteiger partial charge in [-0.15, -0.1) is 0 Å². The first-order valence-corrected chi connectivity index (χ1v) is 10.5. The number of morpholine rings is 1. The summed E-state index contributed by atoms with van der Waals surface area (Å²) >= 11 is 0. The molecule has 1 saturated heterocycles. The molecule has 8 nitrogen and oxygen atoms in total. The van der Waals surface area contributed by atoms with E-state index in [-0.39, 0.29) is 36.3 Å². The zero-order chi connectivity index (χ0) is 19.4. The number of sulfonamides is 1. The van der Waals surface area contributed by atoms with Crippen molar-refractivity contribution in [1.82, 2.24) is 9.62 Å². The smallest absolute Gasteiger partial charge is 0.305 e. The number of carbonyl (C=O) groups excluding carboxylic acids is 1. The average Bonchev–Trinajstić information content (AvgIpc) is 3.43. The largest absolute Gasteiger partial charge is 0.481 e. The van der Waals surface area contributed by atoms with Crippen LogP contribution in [0.15, 0.2) is 29.2 Å². The molecule has 148 valence electrons. The van der Waals surface area contributed by atoms with Crippen LogP contribution in [-0.2, 0) is 30.8 Å². The van der Waals surface area contributed by atoms with E-state index in [4.69, 9.17) is 9.84 Å². The van der Waals surface area contributed by atoms with Crippen molar-refractivity contribution >= 4 is 21.9 Å². The lowest BCUT2D eigenvalue weighted by atomic mass is 10.1. The van der Waals surface area contributed by atoms with Gasteiger partial charge in [0, 0.05) is 19.0 Å². The molecule has 1 aromatic carbocycles. The Morgan fingerprint density at radius 3 is 2.56 bits per heavy atom. The van der Waals surface area contributed by atoms with Gasteiger partial charge >= 0.3 is 5.97 Å². The molecule has 1 saturated carbocycles. The number of rotatable bonds is 8. The summed E-state index contributed by atoms with van der Waals surface area (Å²) in [7, 11) is -3.48. The number of carboxylic acids is 1. The highest BCUT2D eigenvalue weighted by molar-refractivity contribution is 7.89. The van der Waals surface area contributed by atoms with Gasteiger partial charge in [0.05, 0.1) is 30.6 Å². The molecule has 9 heteroatoms. The molecule has 0 radical (unpaired) electrons. The minimum Gasteiger partial charge on any atom is -0.481 e. The van der Waals surface area contributed by atoms with Gasteiger partial charge < -0.3 is 14.7 Å². The number of hydrogen-bond donors (Lipinski definition) is 2. The van der Waals surface area contributed by atoms with Crippen LogP contribution in [0, 0.1) is 0 Å². The summed E-state index contributed by atoms with van der Waals surface area (Å²) in [6.45, 7) is 1.03. The molecule has 1 aliphatic heterocycles. The molecule has 1 aliphatic carbocycles. The summed E-state index contributed by atoms with van der Waals surface area (Å²) in [6, 6.07) is 6.13. The summed E-state index contributed by atoms with van der Waals surface area (Å²) in [5.41, 5.74) is 0.858. The number of aliphatic carboxylic acids is 1. The number of hydrogen-bond acceptors (Lipinski definition) is 5. The Kier molecular flexibility index (Phi) is 6.13. The van der Waals surface area contributed by atoms with E-state index >= 15 is 0 Å². The third kappa shape index (κ3) is 5.50. The van der Waals surface area contributed by atoms with Crippen LogP contribution >= 0.6 is 0 Å². The van der Waals surface area contributed by atoms with E-state index in [2.05, 4.69) is 4.72 Å². The molecule has 2 fully saturated rings. The van der Waals surface area contributed by atoms with E-state index in [1.807, 2.05) is 0 Å². The summed E-state index contributed by atoms with van der Waals surface area (Å²) in [4.78, 5) is 25.2. The van der Waals surface area contributed by atoms with E-state index in [9.17, 15) is 18.0 Å². The minimum atomic E-state index is -3.48. The highest BCUT2D eigenvalue weighted by Crippen LogP contribution is 2.22. The number of carboxylic acid groups (broad SMARTS) is 1. The maximum Gasteiger partial charge on any atom is 0.305 e. The zero-order valence-electron chi connectivity index (χ0n) is 15.0. The van der Waals surface area contributed by atoms with E-state index < -0.39 is 22.0 Å². The monoisotopic (exact) mass is 396 g/mol. The molecular formula is C18H24N2O6S. The summed E-state index contributed by atoms with van der Waals surface area (Å²) in [6.07, 6.45) is 2.33. The molecule has 0 spiro atoms. The number of carbonyl (C=O) groups is 2. The first-order chi connectivity index (χ1) is 12.8. The maximum absolute atomic E-state index is 12.5. The molecule has 27 heavy (non-hydrogen) atoms. The molecule has 3 rings (SSSR count). The van der Waals surface area contributed by atoms with Gasteiger partial charge in [-0.05, 0) is 37.0 Å². The number of nitrogens with zero attached hydrogens (tertiary/aromatic N) is 1. The van der Waals surface area contributed by atoms with Crippen molar-refractivity contribution in [3.05, 3.63) is 29.8 Å². The first-order valence-electron chi connectivity index (χ1n) is 9.05. The number of benzene rings is 1. The van der Waals surface area contributed by atoms with Crippen LogP contribution in [0.4, 0.5) is 0 Å². The van der Waals surface area contributed by atoms with Gasteiger partial charge in [0.2, 0.25) is 15.9 Å². The highest BCUT2D eigenvalue weighted by Gasteiger charge is 2.29. The Balaban J connectivity index is 1.55. The summed E-state index contributed by atoms with van der Waals surface area (Å²) in [5.74, 6) is -1.07. The zero-order valence-corrected chi connectivity index (χ0v) is 15.8. The Morgan fingerprint density at radius 2 is 1.93 bits per heavy atom. The number of aryl methyl sites for hydroxylation is 1. The number of ether oxygens (including phenoxy) is 1. The van der Waals surface area contributed by atoms with Crippen LogP contribution < -0.4 is 4.72 Å². The maximum atomic E-state index is 12.5. The molecule has 1 heterocycles. The molecule has 2 N–H and O–H groups in total. The predicted molar refractivity (Wildman–Crippen MR) is 96.7 cm³/mol. The van der Waals surface area contributed by atoms with Crippen molar-refractivity contribution in [2.45, 2.75) is 49.1 Å². The minimum absolute atomic E-state index is 0.0552. The summed E-state index contributed by atoms with van der Waals surface area (Å²) < 4.78 is 32.2. The Bertz CT molecular complexity index is 789. The molecule has 0 aromatic heterocycles. The molecular weight excluding hydrogens is 372 g/mol. The third-order valence-corrected chi connectivity index (χ3v) is 6.25. The Labute approximate surface area is 158 Å². The lowest BCUT2D eigenvalue weighted by Gasteiger charge is -2.35. The fraction of sp³-hybridized carbons (Fsp3) is 0.556. The molecule has 2 aliphatic rings. The van der Waals surface area contributed by atoms with Crippen LogP contribution in [0.1, 0.15) is 31.2 Å². The van der Waals surface area contributed by atoms with Gasteiger partial charge in [-0.1, -0.05) is 12.1 Å². The van der Waals surface area contributed by atoms with Crippen LogP contribution in [-0.4, -0.2) is 62.1 Å². The fourth-order valence-corrected chi connectivity index (χ4v) is 4.38. The molecule has 1 unspecified atom stereocenters. The average molecular weight is 396 g/mol. The molecule has 0 bridgehead atoms. The van der Waals surface area contributed by atoms with Gasteiger partial charge in [-0.3, -0.25) is 9.59 Å². The van der Waals surface area contributed by atoms with Gasteiger partial charge in [-0.2, -0.15) is 0 Å². The van der Waals surface area contributed by atoms with Crippen molar-refractivity contribution in [1.29, 1.82) is 0 Å². The van der Waals surface area contributed by atoms with Gasteiger partial charge in [0.15, 0.2) is 0 Å². The second kappa shape index (κ2) is 8.37. The van der Waals surface area contributed by atoms with Gasteiger partial charge in [0.25, 0.3) is 0 Å². The molecule has 1 aromatic rings. The van der Waals surface area contributed by atoms with Crippen LogP contribution in [0.3, 0.4) is 0 Å². The van der Waals surface area contributed by atoms with Crippen molar-refractivity contribution in [2.75, 3.05) is 19.8 Å². The van der Waals surface area contributed by atoms with Crippen molar-refractivity contribution in [3.8, 4) is 0 Å². The second-order valence-electron chi connectivity index (χ2n) is 6.95. The van der Waals surface area contributed by atoms with E-state index in [0.29, 0.717) is 19.6 Å².